The van der Waals surface area contributed by atoms with Gasteiger partial charge >= 0.3 is 5.97 Å². The van der Waals surface area contributed by atoms with Crippen LogP contribution in [0.2, 0.25) is 0 Å². The summed E-state index contributed by atoms with van der Waals surface area (Å²) in [5.74, 6) is -1.03. The van der Waals surface area contributed by atoms with Crippen molar-refractivity contribution in [2.45, 2.75) is 12.8 Å². The lowest BCUT2D eigenvalue weighted by molar-refractivity contribution is 0.0690. The Balaban J connectivity index is 2.07. The van der Waals surface area contributed by atoms with Crippen LogP contribution in [0.4, 0.5) is 0 Å². The highest BCUT2D eigenvalue weighted by atomic mass is 16.4. The Hall–Kier alpha value is -2.43. The van der Waals surface area contributed by atoms with E-state index in [0.29, 0.717) is 5.69 Å². The normalized spacial score (nSPS) is 13.9. The van der Waals surface area contributed by atoms with Crippen LogP contribution in [0.1, 0.15) is 33.7 Å². The van der Waals surface area contributed by atoms with Gasteiger partial charge in [0, 0.05) is 0 Å². The molecule has 0 fully saturated rings. The van der Waals surface area contributed by atoms with E-state index in [9.17, 15) is 4.79 Å². The Morgan fingerprint density at radius 1 is 1.28 bits per heavy atom. The number of aromatic carboxylic acids is 1. The summed E-state index contributed by atoms with van der Waals surface area (Å²) in [5.41, 5.74) is 3.82. The molecular formula is C13H11N3O2. The molecule has 18 heavy (non-hydrogen) atoms. The third-order valence-electron chi connectivity index (χ3n) is 3.12. The number of rotatable bonds is 2. The maximum atomic E-state index is 11.0. The fourth-order valence-electron chi connectivity index (χ4n) is 2.22. The molecule has 0 unspecified atom stereocenters. The van der Waals surface area contributed by atoms with E-state index in [1.54, 1.807) is 0 Å². The van der Waals surface area contributed by atoms with Gasteiger partial charge in [-0.3, -0.25) is 5.10 Å². The Morgan fingerprint density at radius 3 is 2.94 bits per heavy atom. The van der Waals surface area contributed by atoms with Crippen LogP contribution in [0.5, 0.6) is 0 Å². The zero-order valence-electron chi connectivity index (χ0n) is 9.55. The van der Waals surface area contributed by atoms with Crippen molar-refractivity contribution in [1.82, 2.24) is 15.4 Å². The van der Waals surface area contributed by atoms with Crippen LogP contribution in [0.3, 0.4) is 0 Å². The van der Waals surface area contributed by atoms with E-state index in [4.69, 9.17) is 5.11 Å². The number of aryl methyl sites for hydroxylation is 1. The molecule has 5 heteroatoms. The van der Waals surface area contributed by atoms with Gasteiger partial charge in [0.25, 0.3) is 0 Å². The predicted molar refractivity (Wildman–Crippen MR) is 66.0 cm³/mol. The lowest BCUT2D eigenvalue weighted by Crippen LogP contribution is -2.05. The first-order chi connectivity index (χ1) is 8.75. The van der Waals surface area contributed by atoms with Crippen LogP contribution in [0, 0.1) is 0 Å². The molecule has 0 saturated carbocycles. The molecule has 0 bridgehead atoms. The average molecular weight is 241 g/mol. The van der Waals surface area contributed by atoms with E-state index in [0.717, 1.165) is 24.0 Å². The largest absolute Gasteiger partial charge is 0.476 e. The van der Waals surface area contributed by atoms with Gasteiger partial charge in [-0.25, -0.2) is 4.79 Å². The number of hydrogen-bond acceptors (Lipinski definition) is 3. The Morgan fingerprint density at radius 2 is 2.11 bits per heavy atom. The third-order valence-corrected chi connectivity index (χ3v) is 3.12. The van der Waals surface area contributed by atoms with Gasteiger partial charge in [-0.1, -0.05) is 29.5 Å². The van der Waals surface area contributed by atoms with Crippen LogP contribution >= 0.6 is 0 Å². The summed E-state index contributed by atoms with van der Waals surface area (Å²) in [4.78, 5) is 11.0. The van der Waals surface area contributed by atoms with E-state index in [-0.39, 0.29) is 5.69 Å². The van der Waals surface area contributed by atoms with E-state index in [1.807, 2.05) is 24.3 Å². The first-order valence-corrected chi connectivity index (χ1v) is 5.69. The smallest absolute Gasteiger partial charge is 0.356 e. The topological polar surface area (TPSA) is 78.9 Å². The Bertz CT molecular complexity index is 643. The molecule has 1 aromatic carbocycles. The highest BCUT2D eigenvalue weighted by Gasteiger charge is 2.20. The second-order valence-electron chi connectivity index (χ2n) is 4.21. The third kappa shape index (κ3) is 1.69. The number of carboxylic acids is 1. The van der Waals surface area contributed by atoms with E-state index in [2.05, 4.69) is 21.5 Å². The minimum atomic E-state index is -1.03. The van der Waals surface area contributed by atoms with Crippen LogP contribution < -0.4 is 0 Å². The molecule has 1 aliphatic rings. The fourth-order valence-corrected chi connectivity index (χ4v) is 2.22. The minimum Gasteiger partial charge on any atom is -0.476 e. The molecule has 0 amide bonds. The number of hydrogen-bond donors (Lipinski definition) is 2. The highest BCUT2D eigenvalue weighted by molar-refractivity contribution is 5.94. The number of nitrogens with one attached hydrogen (secondary N) is 1. The van der Waals surface area contributed by atoms with E-state index < -0.39 is 5.97 Å². The molecule has 1 aromatic heterocycles. The summed E-state index contributed by atoms with van der Waals surface area (Å²) in [7, 11) is 0. The Kier molecular flexibility index (Phi) is 2.44. The molecule has 3 rings (SSSR count). The van der Waals surface area contributed by atoms with Crippen molar-refractivity contribution in [2.24, 2.45) is 0 Å². The molecule has 0 radical (unpaired) electrons. The van der Waals surface area contributed by atoms with Gasteiger partial charge in [0.2, 0.25) is 0 Å². The van der Waals surface area contributed by atoms with Gasteiger partial charge in [-0.2, -0.15) is 0 Å². The molecule has 0 aliphatic heterocycles. The standard InChI is InChI=1S/C13H11N3O2/c17-13(18)12-11(14-16-15-12)10-6-5-8-3-1-2-4-9(8)7-10/h1-4,7H,5-6H2,(H,17,18)(H,14,15,16). The van der Waals surface area contributed by atoms with Crippen molar-refractivity contribution in [2.75, 3.05) is 0 Å². The molecule has 2 N–H and O–H groups in total. The lowest BCUT2D eigenvalue weighted by atomic mass is 9.90. The summed E-state index contributed by atoms with van der Waals surface area (Å²) >= 11 is 0. The molecule has 90 valence electrons. The molecule has 0 saturated heterocycles. The van der Waals surface area contributed by atoms with Gasteiger partial charge in [0.05, 0.1) is 0 Å². The van der Waals surface area contributed by atoms with Gasteiger partial charge in [0.15, 0.2) is 5.69 Å². The van der Waals surface area contributed by atoms with Crippen molar-refractivity contribution in [3.63, 3.8) is 0 Å². The van der Waals surface area contributed by atoms with Crippen molar-refractivity contribution in [1.29, 1.82) is 0 Å². The number of nitrogens with zero attached hydrogens (tertiary/aromatic N) is 2. The molecule has 0 atom stereocenters. The highest BCUT2D eigenvalue weighted by Crippen LogP contribution is 2.30. The zero-order chi connectivity index (χ0) is 12.5. The van der Waals surface area contributed by atoms with Gasteiger partial charge in [-0.05, 0) is 35.6 Å². The number of carbonyl (C=O) groups is 1. The van der Waals surface area contributed by atoms with Crippen molar-refractivity contribution >= 4 is 17.6 Å². The van der Waals surface area contributed by atoms with E-state index >= 15 is 0 Å². The van der Waals surface area contributed by atoms with Crippen LogP contribution in [0.15, 0.2) is 24.3 Å². The minimum absolute atomic E-state index is 0.0561. The van der Waals surface area contributed by atoms with Crippen molar-refractivity contribution in [3.05, 3.63) is 46.8 Å². The fraction of sp³-hybridized carbons (Fsp3) is 0.154. The molecule has 1 aliphatic carbocycles. The number of carboxylic acid groups (broad SMARTS) is 1. The molecule has 0 spiro atoms. The molecule has 1 heterocycles. The second-order valence-corrected chi connectivity index (χ2v) is 4.21. The zero-order valence-corrected chi connectivity index (χ0v) is 9.55. The average Bonchev–Trinajstić information content (AvgIpc) is 2.87. The first kappa shape index (κ1) is 10.7. The summed E-state index contributed by atoms with van der Waals surface area (Å²) in [6.45, 7) is 0. The monoisotopic (exact) mass is 241 g/mol. The summed E-state index contributed by atoms with van der Waals surface area (Å²) < 4.78 is 0. The van der Waals surface area contributed by atoms with Gasteiger partial charge in [0.1, 0.15) is 5.69 Å². The number of fused-ring (bicyclic) bond motifs is 1. The second kappa shape index (κ2) is 4.10. The number of aromatic nitrogens is 3. The van der Waals surface area contributed by atoms with Gasteiger partial charge < -0.3 is 5.11 Å². The number of allylic oxidation sites excluding steroid dienone is 1. The quantitative estimate of drug-likeness (QED) is 0.842. The Labute approximate surface area is 103 Å². The molecular weight excluding hydrogens is 230 g/mol. The summed E-state index contributed by atoms with van der Waals surface area (Å²) in [6.07, 6.45) is 3.67. The number of aromatic amines is 1. The first-order valence-electron chi connectivity index (χ1n) is 5.69. The predicted octanol–water partition coefficient (Wildman–Crippen LogP) is 1.99. The maximum absolute atomic E-state index is 11.0. The van der Waals surface area contributed by atoms with Gasteiger partial charge in [-0.15, -0.1) is 5.10 Å². The SMILES string of the molecule is O=C(O)c1[nH]nnc1C1=Cc2ccccc2CC1. The summed E-state index contributed by atoms with van der Waals surface area (Å²) in [5, 5.41) is 18.9. The van der Waals surface area contributed by atoms with Crippen LogP contribution in [-0.2, 0) is 6.42 Å². The van der Waals surface area contributed by atoms with E-state index in [1.165, 1.54) is 5.56 Å². The maximum Gasteiger partial charge on any atom is 0.356 e. The van der Waals surface area contributed by atoms with Crippen LogP contribution in [0.25, 0.3) is 11.6 Å². The lowest BCUT2D eigenvalue weighted by Gasteiger charge is -2.14. The number of benzene rings is 1. The number of H-pyrrole nitrogens is 1. The van der Waals surface area contributed by atoms with Crippen LogP contribution in [-0.4, -0.2) is 26.5 Å². The van der Waals surface area contributed by atoms with Crippen molar-refractivity contribution < 1.29 is 9.90 Å². The molecule has 5 nitrogen and oxygen atoms in total. The van der Waals surface area contributed by atoms with Crippen molar-refractivity contribution in [3.8, 4) is 0 Å². The molecule has 2 aromatic rings. The summed E-state index contributed by atoms with van der Waals surface area (Å²) in [6, 6.07) is 8.09.